The van der Waals surface area contributed by atoms with Crippen LogP contribution in [0.15, 0.2) is 24.3 Å². The van der Waals surface area contributed by atoms with Crippen molar-refractivity contribution >= 4 is 18.3 Å². The third-order valence-corrected chi connectivity index (χ3v) is 4.02. The number of nitrogens with zero attached hydrogens (tertiary/aromatic N) is 1. The van der Waals surface area contributed by atoms with Crippen molar-refractivity contribution in [2.75, 3.05) is 39.9 Å². The number of carbonyl (C=O) groups is 1. The maximum Gasteiger partial charge on any atom is 0.260 e. The Balaban J connectivity index is 0.00000288. The standard InChI is InChI=1S/C18H28N2O3.ClH/c1-3-11-22-16-6-8-17(9-7-16)23-14-18(21)20-10-4-5-15(13-20)12-19-2;/h6-9,15,19H,3-5,10-14H2,1-2H3;1H. The Morgan fingerprint density at radius 1 is 1.25 bits per heavy atom. The minimum absolute atomic E-state index is 0. The van der Waals surface area contributed by atoms with Gasteiger partial charge in [-0.3, -0.25) is 4.79 Å². The molecule has 0 radical (unpaired) electrons. The van der Waals surface area contributed by atoms with Gasteiger partial charge in [0.2, 0.25) is 0 Å². The molecule has 1 aromatic carbocycles. The number of nitrogens with one attached hydrogen (secondary N) is 1. The van der Waals surface area contributed by atoms with Gasteiger partial charge in [-0.1, -0.05) is 6.92 Å². The number of ether oxygens (including phenoxy) is 2. The summed E-state index contributed by atoms with van der Waals surface area (Å²) in [6.45, 7) is 5.51. The number of amides is 1. The number of carbonyl (C=O) groups excluding carboxylic acids is 1. The van der Waals surface area contributed by atoms with Gasteiger partial charge in [0.25, 0.3) is 5.91 Å². The van der Waals surface area contributed by atoms with Gasteiger partial charge < -0.3 is 19.7 Å². The first-order valence-corrected chi connectivity index (χ1v) is 8.51. The van der Waals surface area contributed by atoms with E-state index in [1.54, 1.807) is 0 Å². The van der Waals surface area contributed by atoms with Gasteiger partial charge in [-0.25, -0.2) is 0 Å². The molecule has 136 valence electrons. The van der Waals surface area contributed by atoms with E-state index in [0.29, 0.717) is 18.3 Å². The lowest BCUT2D eigenvalue weighted by molar-refractivity contribution is -0.135. The molecule has 0 spiro atoms. The molecule has 6 heteroatoms. The van der Waals surface area contributed by atoms with Crippen LogP contribution in [0.3, 0.4) is 0 Å². The Bertz CT molecular complexity index is 480. The third-order valence-electron chi connectivity index (χ3n) is 4.02. The maximum absolute atomic E-state index is 12.3. The first-order chi connectivity index (χ1) is 11.2. The van der Waals surface area contributed by atoms with Crippen LogP contribution in [-0.4, -0.2) is 50.7 Å². The molecule has 2 rings (SSSR count). The van der Waals surface area contributed by atoms with Crippen molar-refractivity contribution in [2.24, 2.45) is 5.92 Å². The molecule has 0 bridgehead atoms. The van der Waals surface area contributed by atoms with Crippen LogP contribution in [0.25, 0.3) is 0 Å². The molecule has 1 unspecified atom stereocenters. The number of likely N-dealkylation sites (tertiary alicyclic amines) is 1. The van der Waals surface area contributed by atoms with Gasteiger partial charge in [0.15, 0.2) is 6.61 Å². The fraction of sp³-hybridized carbons (Fsp3) is 0.611. The zero-order valence-corrected chi connectivity index (χ0v) is 15.4. The lowest BCUT2D eigenvalue weighted by Crippen LogP contribution is -2.44. The van der Waals surface area contributed by atoms with Gasteiger partial charge in [0, 0.05) is 13.1 Å². The molecule has 1 heterocycles. The van der Waals surface area contributed by atoms with Gasteiger partial charge in [-0.15, -0.1) is 12.4 Å². The van der Waals surface area contributed by atoms with Gasteiger partial charge in [-0.2, -0.15) is 0 Å². The predicted molar refractivity (Wildman–Crippen MR) is 98.2 cm³/mol. The molecule has 0 aliphatic carbocycles. The second kappa shape index (κ2) is 11.2. The summed E-state index contributed by atoms with van der Waals surface area (Å²) in [7, 11) is 1.96. The van der Waals surface area contributed by atoms with Crippen LogP contribution in [0, 0.1) is 5.92 Å². The minimum Gasteiger partial charge on any atom is -0.494 e. The molecule has 1 fully saturated rings. The van der Waals surface area contributed by atoms with E-state index in [1.165, 1.54) is 6.42 Å². The van der Waals surface area contributed by atoms with Crippen LogP contribution >= 0.6 is 12.4 Å². The van der Waals surface area contributed by atoms with Gasteiger partial charge in [0.05, 0.1) is 6.61 Å². The molecule has 1 amide bonds. The smallest absolute Gasteiger partial charge is 0.260 e. The molecular weight excluding hydrogens is 328 g/mol. The SMILES string of the molecule is CCCOc1ccc(OCC(=O)N2CCCC(CNC)C2)cc1.Cl. The summed E-state index contributed by atoms with van der Waals surface area (Å²) < 4.78 is 11.1. The molecular formula is C18H29ClN2O3. The monoisotopic (exact) mass is 356 g/mol. The number of benzene rings is 1. The van der Waals surface area contributed by atoms with Gasteiger partial charge in [0.1, 0.15) is 11.5 Å². The van der Waals surface area contributed by atoms with Crippen molar-refractivity contribution in [3.63, 3.8) is 0 Å². The summed E-state index contributed by atoms with van der Waals surface area (Å²) in [5, 5.41) is 3.19. The second-order valence-corrected chi connectivity index (χ2v) is 6.01. The van der Waals surface area contributed by atoms with Crippen molar-refractivity contribution in [1.29, 1.82) is 0 Å². The van der Waals surface area contributed by atoms with E-state index in [2.05, 4.69) is 12.2 Å². The Labute approximate surface area is 151 Å². The summed E-state index contributed by atoms with van der Waals surface area (Å²) in [5.41, 5.74) is 0. The van der Waals surface area contributed by atoms with Crippen molar-refractivity contribution in [3.8, 4) is 11.5 Å². The Kier molecular flexibility index (Phi) is 9.57. The summed E-state index contributed by atoms with van der Waals surface area (Å²) in [4.78, 5) is 14.2. The average molecular weight is 357 g/mol. The lowest BCUT2D eigenvalue weighted by atomic mass is 9.98. The number of rotatable bonds is 8. The Morgan fingerprint density at radius 3 is 2.54 bits per heavy atom. The molecule has 1 atom stereocenters. The quantitative estimate of drug-likeness (QED) is 0.778. The zero-order valence-electron chi connectivity index (χ0n) is 14.6. The average Bonchev–Trinajstić information content (AvgIpc) is 2.59. The minimum atomic E-state index is 0. The second-order valence-electron chi connectivity index (χ2n) is 6.01. The molecule has 0 aromatic heterocycles. The normalized spacial score (nSPS) is 17.1. The fourth-order valence-electron chi connectivity index (χ4n) is 2.84. The van der Waals surface area contributed by atoms with Crippen LogP contribution in [0.2, 0.25) is 0 Å². The summed E-state index contributed by atoms with van der Waals surface area (Å²) in [6.07, 6.45) is 3.24. The van der Waals surface area contributed by atoms with Crippen molar-refractivity contribution in [1.82, 2.24) is 10.2 Å². The molecule has 0 saturated carbocycles. The van der Waals surface area contributed by atoms with E-state index >= 15 is 0 Å². The number of halogens is 1. The molecule has 1 aliphatic heterocycles. The summed E-state index contributed by atoms with van der Waals surface area (Å²) in [5.74, 6) is 2.15. The van der Waals surface area contributed by atoms with Crippen molar-refractivity contribution < 1.29 is 14.3 Å². The Hall–Kier alpha value is -1.46. The highest BCUT2D eigenvalue weighted by Gasteiger charge is 2.23. The topological polar surface area (TPSA) is 50.8 Å². The highest BCUT2D eigenvalue weighted by atomic mass is 35.5. The molecule has 1 N–H and O–H groups in total. The third kappa shape index (κ3) is 6.57. The molecule has 1 saturated heterocycles. The van der Waals surface area contributed by atoms with E-state index in [9.17, 15) is 4.79 Å². The zero-order chi connectivity index (χ0) is 16.5. The van der Waals surface area contributed by atoms with Crippen LogP contribution < -0.4 is 14.8 Å². The van der Waals surface area contributed by atoms with Gasteiger partial charge >= 0.3 is 0 Å². The van der Waals surface area contributed by atoms with E-state index in [4.69, 9.17) is 9.47 Å². The molecule has 24 heavy (non-hydrogen) atoms. The van der Waals surface area contributed by atoms with E-state index in [0.717, 1.165) is 38.2 Å². The number of hydrogen-bond donors (Lipinski definition) is 1. The van der Waals surface area contributed by atoms with Crippen molar-refractivity contribution in [2.45, 2.75) is 26.2 Å². The first-order valence-electron chi connectivity index (χ1n) is 8.51. The molecule has 1 aromatic rings. The first kappa shape index (κ1) is 20.6. The maximum atomic E-state index is 12.3. The largest absolute Gasteiger partial charge is 0.494 e. The predicted octanol–water partition coefficient (Wildman–Crippen LogP) is 2.73. The summed E-state index contributed by atoms with van der Waals surface area (Å²) >= 11 is 0. The Morgan fingerprint density at radius 2 is 1.92 bits per heavy atom. The lowest BCUT2D eigenvalue weighted by Gasteiger charge is -2.32. The fourth-order valence-corrected chi connectivity index (χ4v) is 2.84. The van der Waals surface area contributed by atoms with E-state index in [1.807, 2.05) is 36.2 Å². The van der Waals surface area contributed by atoms with Crippen LogP contribution in [0.5, 0.6) is 11.5 Å². The van der Waals surface area contributed by atoms with E-state index in [-0.39, 0.29) is 24.9 Å². The van der Waals surface area contributed by atoms with Gasteiger partial charge in [-0.05, 0) is 63.0 Å². The highest BCUT2D eigenvalue weighted by molar-refractivity contribution is 5.85. The van der Waals surface area contributed by atoms with Crippen molar-refractivity contribution in [3.05, 3.63) is 24.3 Å². The van der Waals surface area contributed by atoms with Crippen LogP contribution in [0.4, 0.5) is 0 Å². The molecule has 1 aliphatic rings. The van der Waals surface area contributed by atoms with E-state index < -0.39 is 0 Å². The number of hydrogen-bond acceptors (Lipinski definition) is 4. The number of piperidine rings is 1. The summed E-state index contributed by atoms with van der Waals surface area (Å²) in [6, 6.07) is 7.44. The highest BCUT2D eigenvalue weighted by Crippen LogP contribution is 2.19. The van der Waals surface area contributed by atoms with Crippen LogP contribution in [-0.2, 0) is 4.79 Å². The van der Waals surface area contributed by atoms with Crippen LogP contribution in [0.1, 0.15) is 26.2 Å². The molecule has 5 nitrogen and oxygen atoms in total.